The molecule has 0 aliphatic heterocycles. The Hall–Kier alpha value is -8.18. The van der Waals surface area contributed by atoms with Gasteiger partial charge in [0, 0.05) is 49.3 Å². The number of aromatic nitrogens is 2. The van der Waals surface area contributed by atoms with E-state index < -0.39 is 8.07 Å². The van der Waals surface area contributed by atoms with E-state index in [0.717, 1.165) is 44.4 Å². The third-order valence-electron chi connectivity index (χ3n) is 13.5. The normalized spacial score (nSPS) is 12.1. The van der Waals surface area contributed by atoms with Crippen molar-refractivity contribution >= 4 is 94.4 Å². The van der Waals surface area contributed by atoms with Gasteiger partial charge in [-0.3, -0.25) is 0 Å². The van der Waals surface area contributed by atoms with Crippen molar-refractivity contribution in [3.63, 3.8) is 0 Å². The van der Waals surface area contributed by atoms with Crippen LogP contribution >= 0.6 is 0 Å². The first-order chi connectivity index (χ1) is 31.8. The van der Waals surface area contributed by atoms with Gasteiger partial charge in [0.05, 0.1) is 22.1 Å². The number of hydrogen-bond donors (Lipinski definition) is 0. The van der Waals surface area contributed by atoms with Crippen LogP contribution in [0.3, 0.4) is 0 Å². The fraction of sp³-hybridized carbons (Fsp3) is 0. The van der Waals surface area contributed by atoms with Crippen LogP contribution in [0.1, 0.15) is 0 Å². The highest BCUT2D eigenvalue weighted by atomic mass is 28.3. The van der Waals surface area contributed by atoms with E-state index in [2.05, 4.69) is 246 Å². The smallest absolute Gasteiger partial charge is 0.179 e. The molecule has 3 aromatic heterocycles. The number of fused-ring (bicyclic) bond motifs is 9. The van der Waals surface area contributed by atoms with Crippen molar-refractivity contribution in [2.45, 2.75) is 0 Å². The maximum absolute atomic E-state index is 6.43. The molecular weight excluding hydrogens is 793 g/mol. The van der Waals surface area contributed by atoms with Gasteiger partial charge in [-0.15, -0.1) is 0 Å². The average Bonchev–Trinajstić information content (AvgIpc) is 4.03. The summed E-state index contributed by atoms with van der Waals surface area (Å²) in [6.07, 6.45) is 0. The van der Waals surface area contributed by atoms with Crippen molar-refractivity contribution in [1.82, 2.24) is 9.13 Å². The summed E-state index contributed by atoms with van der Waals surface area (Å²) in [5.74, 6) is 0. The molecule has 13 aromatic rings. The summed E-state index contributed by atoms with van der Waals surface area (Å²) in [4.78, 5) is 0. The summed E-state index contributed by atoms with van der Waals surface area (Å²) in [5.41, 5.74) is 11.1. The van der Waals surface area contributed by atoms with Gasteiger partial charge in [-0.1, -0.05) is 194 Å². The Morgan fingerprint density at radius 3 is 1.48 bits per heavy atom. The second kappa shape index (κ2) is 14.5. The monoisotopic (exact) mass is 832 g/mol. The van der Waals surface area contributed by atoms with Crippen LogP contribution in [0.15, 0.2) is 247 Å². The van der Waals surface area contributed by atoms with Crippen molar-refractivity contribution in [2.24, 2.45) is 0 Å². The zero-order valence-corrected chi connectivity index (χ0v) is 35.9. The van der Waals surface area contributed by atoms with Crippen molar-refractivity contribution in [3.05, 3.63) is 243 Å². The van der Waals surface area contributed by atoms with Crippen molar-refractivity contribution in [2.75, 3.05) is 0 Å². The molecule has 3 nitrogen and oxygen atoms in total. The molecular formula is C60H40N2OSi. The van der Waals surface area contributed by atoms with E-state index in [1.807, 2.05) is 6.07 Å². The number of furan rings is 1. The lowest BCUT2D eigenvalue weighted by Crippen LogP contribution is -2.74. The molecule has 4 heteroatoms. The third kappa shape index (κ3) is 5.33. The number of nitrogens with zero attached hydrogens (tertiary/aromatic N) is 2. The standard InChI is InChI=1S/C60H40N2OSi/c1-4-20-43(21-5-1)64(44-22-6-2-7-23-44,45-24-8-3-9-25-45)46-26-16-19-41(39-46)61-54-33-13-10-27-47(54)49-38-37-42(40-56(49)61)62-55-34-14-11-28-48(55)51-31-17-32-52(60(51)62)50-30-18-36-58-59(50)53-29-12-15-35-57(53)63-58/h1-40H. The lowest BCUT2D eigenvalue weighted by Gasteiger charge is -2.34. The summed E-state index contributed by atoms with van der Waals surface area (Å²) >= 11 is 0. The Morgan fingerprint density at radius 1 is 0.297 bits per heavy atom. The molecule has 0 fully saturated rings. The summed E-state index contributed by atoms with van der Waals surface area (Å²) in [6, 6.07) is 89.3. The predicted molar refractivity (Wildman–Crippen MR) is 271 cm³/mol. The molecule has 0 unspecified atom stereocenters. The quantitative estimate of drug-likeness (QED) is 0.116. The van der Waals surface area contributed by atoms with Gasteiger partial charge in [-0.05, 0) is 74.8 Å². The first-order valence-corrected chi connectivity index (χ1v) is 24.0. The number of benzene rings is 10. The number of hydrogen-bond acceptors (Lipinski definition) is 1. The second-order valence-electron chi connectivity index (χ2n) is 16.8. The molecule has 3 heterocycles. The van der Waals surface area contributed by atoms with E-state index in [1.54, 1.807) is 0 Å². The highest BCUT2D eigenvalue weighted by molar-refractivity contribution is 7.19. The molecule has 0 saturated heterocycles. The fourth-order valence-corrected chi connectivity index (χ4v) is 15.6. The molecule has 10 aromatic carbocycles. The van der Waals surface area contributed by atoms with Crippen molar-refractivity contribution in [1.29, 1.82) is 0 Å². The summed E-state index contributed by atoms with van der Waals surface area (Å²) in [6.45, 7) is 0. The summed E-state index contributed by atoms with van der Waals surface area (Å²) in [5, 5.41) is 12.6. The third-order valence-corrected chi connectivity index (χ3v) is 18.2. The minimum Gasteiger partial charge on any atom is -0.456 e. The Labute approximate surface area is 371 Å². The molecule has 0 radical (unpaired) electrons. The highest BCUT2D eigenvalue weighted by Gasteiger charge is 2.41. The van der Waals surface area contributed by atoms with E-state index in [0.29, 0.717) is 0 Å². The van der Waals surface area contributed by atoms with Crippen LogP contribution in [-0.4, -0.2) is 17.2 Å². The van der Waals surface area contributed by atoms with Crippen LogP contribution in [0, 0.1) is 0 Å². The molecule has 64 heavy (non-hydrogen) atoms. The van der Waals surface area contributed by atoms with Crippen LogP contribution < -0.4 is 20.7 Å². The largest absolute Gasteiger partial charge is 0.456 e. The van der Waals surface area contributed by atoms with Gasteiger partial charge >= 0.3 is 0 Å². The van der Waals surface area contributed by atoms with E-state index in [1.165, 1.54) is 64.4 Å². The van der Waals surface area contributed by atoms with Crippen LogP contribution in [0.4, 0.5) is 0 Å². The van der Waals surface area contributed by atoms with Gasteiger partial charge in [-0.25, -0.2) is 0 Å². The Kier molecular flexibility index (Phi) is 8.23. The van der Waals surface area contributed by atoms with Gasteiger partial charge < -0.3 is 13.6 Å². The Balaban J connectivity index is 1.09. The minimum absolute atomic E-state index is 0.894. The van der Waals surface area contributed by atoms with Gasteiger partial charge in [0.2, 0.25) is 0 Å². The van der Waals surface area contributed by atoms with Crippen LogP contribution in [-0.2, 0) is 0 Å². The zero-order chi connectivity index (χ0) is 42.2. The SMILES string of the molecule is c1ccc([Si](c2ccccc2)(c2ccccc2)c2cccc(-n3c4ccccc4c4ccc(-n5c6ccccc6c6cccc(-c7cccc8oc9ccccc9c78)c65)cc43)c2)cc1. The molecule has 0 amide bonds. The summed E-state index contributed by atoms with van der Waals surface area (Å²) in [7, 11) is -2.79. The van der Waals surface area contributed by atoms with Gasteiger partial charge in [0.15, 0.2) is 8.07 Å². The van der Waals surface area contributed by atoms with E-state index in [-0.39, 0.29) is 0 Å². The first kappa shape index (κ1) is 36.5. The summed E-state index contributed by atoms with van der Waals surface area (Å²) < 4.78 is 11.4. The molecule has 0 saturated carbocycles. The minimum atomic E-state index is -2.79. The van der Waals surface area contributed by atoms with Crippen molar-refractivity contribution in [3.8, 4) is 22.5 Å². The average molecular weight is 833 g/mol. The van der Waals surface area contributed by atoms with E-state index in [4.69, 9.17) is 4.42 Å². The molecule has 0 spiro atoms. The van der Waals surface area contributed by atoms with Gasteiger partial charge in [0.1, 0.15) is 11.2 Å². The fourth-order valence-electron chi connectivity index (χ4n) is 10.8. The number of rotatable bonds is 7. The second-order valence-corrected chi connectivity index (χ2v) is 20.6. The molecule has 13 rings (SSSR count). The maximum Gasteiger partial charge on any atom is 0.179 e. The van der Waals surface area contributed by atoms with Gasteiger partial charge in [0.25, 0.3) is 0 Å². The van der Waals surface area contributed by atoms with Crippen LogP contribution in [0.2, 0.25) is 0 Å². The molecule has 0 aliphatic rings. The van der Waals surface area contributed by atoms with Crippen LogP contribution in [0.5, 0.6) is 0 Å². The Morgan fingerprint density at radius 2 is 0.781 bits per heavy atom. The lowest BCUT2D eigenvalue weighted by atomic mass is 9.97. The zero-order valence-electron chi connectivity index (χ0n) is 34.9. The lowest BCUT2D eigenvalue weighted by molar-refractivity contribution is 0.669. The Bertz CT molecular complexity index is 3800. The van der Waals surface area contributed by atoms with Gasteiger partial charge in [-0.2, -0.15) is 0 Å². The van der Waals surface area contributed by atoms with E-state index >= 15 is 0 Å². The molecule has 300 valence electrons. The topological polar surface area (TPSA) is 23.0 Å². The van der Waals surface area contributed by atoms with Crippen LogP contribution in [0.25, 0.3) is 88.1 Å². The molecule has 0 atom stereocenters. The highest BCUT2D eigenvalue weighted by Crippen LogP contribution is 2.43. The maximum atomic E-state index is 6.43. The molecule has 0 aliphatic carbocycles. The first-order valence-electron chi connectivity index (χ1n) is 22.0. The van der Waals surface area contributed by atoms with E-state index in [9.17, 15) is 0 Å². The molecule has 0 N–H and O–H groups in total. The number of para-hydroxylation sites is 4. The molecule has 0 bridgehead atoms. The van der Waals surface area contributed by atoms with Crippen molar-refractivity contribution < 1.29 is 4.42 Å². The predicted octanol–water partition coefficient (Wildman–Crippen LogP) is 12.8.